The topological polar surface area (TPSA) is 0 Å². The first-order valence-electron chi connectivity index (χ1n) is 5.63. The third kappa shape index (κ3) is 1.29. The Balaban J connectivity index is 2.28. The van der Waals surface area contributed by atoms with E-state index in [1.165, 1.54) is 30.9 Å². The van der Waals surface area contributed by atoms with Crippen LogP contribution in [0.25, 0.3) is 30.9 Å². The normalized spacial score (nSPS) is 11.5. The molecule has 0 amide bonds. The molecule has 1 heterocycles. The molecule has 0 nitrogen and oxygen atoms in total. The van der Waals surface area contributed by atoms with E-state index in [-0.39, 0.29) is 0 Å². The molecule has 4 aromatic rings. The Bertz CT molecular complexity index is 834. The summed E-state index contributed by atoms with van der Waals surface area (Å²) in [4.78, 5) is 0. The molecule has 0 aliphatic carbocycles. The second kappa shape index (κ2) is 3.31. The quantitative estimate of drug-likeness (QED) is 0.400. The first-order chi connectivity index (χ1) is 8.42. The van der Waals surface area contributed by atoms with E-state index in [2.05, 4.69) is 54.6 Å². The van der Waals surface area contributed by atoms with Gasteiger partial charge in [-0.25, -0.2) is 0 Å². The molecule has 1 radical (unpaired) electrons. The SMILES string of the molecule is [c]1ccc2c(c1)sc1cc3ccccc3cc12. The van der Waals surface area contributed by atoms with Gasteiger partial charge in [0, 0.05) is 20.2 Å². The summed E-state index contributed by atoms with van der Waals surface area (Å²) in [5, 5.41) is 5.33. The average molecular weight is 233 g/mol. The van der Waals surface area contributed by atoms with Crippen LogP contribution in [0.15, 0.2) is 54.6 Å². The lowest BCUT2D eigenvalue weighted by molar-refractivity contribution is 1.81. The van der Waals surface area contributed by atoms with Crippen molar-refractivity contribution in [1.29, 1.82) is 0 Å². The molecule has 0 fully saturated rings. The molecular weight excluding hydrogens is 224 g/mol. The van der Waals surface area contributed by atoms with E-state index < -0.39 is 0 Å². The van der Waals surface area contributed by atoms with Gasteiger partial charge in [0.1, 0.15) is 0 Å². The fraction of sp³-hybridized carbons (Fsp3) is 0. The smallest absolute Gasteiger partial charge is 0.0361 e. The first-order valence-corrected chi connectivity index (χ1v) is 6.44. The minimum atomic E-state index is 1.31. The molecule has 3 aromatic carbocycles. The van der Waals surface area contributed by atoms with Crippen LogP contribution in [0.4, 0.5) is 0 Å². The lowest BCUT2D eigenvalue weighted by atomic mass is 10.1. The first kappa shape index (κ1) is 9.20. The van der Waals surface area contributed by atoms with Crippen LogP contribution in [0.5, 0.6) is 0 Å². The van der Waals surface area contributed by atoms with Gasteiger partial charge in [0.05, 0.1) is 0 Å². The largest absolute Gasteiger partial charge is 0.135 e. The van der Waals surface area contributed by atoms with Crippen LogP contribution in [0.3, 0.4) is 0 Å². The van der Waals surface area contributed by atoms with Crippen molar-refractivity contribution in [2.24, 2.45) is 0 Å². The Labute approximate surface area is 103 Å². The number of hydrogen-bond acceptors (Lipinski definition) is 1. The zero-order chi connectivity index (χ0) is 11.2. The van der Waals surface area contributed by atoms with Gasteiger partial charge in [0.2, 0.25) is 0 Å². The predicted molar refractivity (Wildman–Crippen MR) is 75.7 cm³/mol. The maximum Gasteiger partial charge on any atom is 0.0361 e. The molecular formula is C16H9S. The second-order valence-electron chi connectivity index (χ2n) is 4.22. The molecule has 0 unspecified atom stereocenters. The molecule has 1 aromatic heterocycles. The fourth-order valence-electron chi connectivity index (χ4n) is 2.35. The van der Waals surface area contributed by atoms with Crippen molar-refractivity contribution in [3.8, 4) is 0 Å². The fourth-order valence-corrected chi connectivity index (χ4v) is 3.47. The monoisotopic (exact) mass is 233 g/mol. The van der Waals surface area contributed by atoms with E-state index in [1.807, 2.05) is 17.4 Å². The highest BCUT2D eigenvalue weighted by Crippen LogP contribution is 2.35. The number of rotatable bonds is 0. The summed E-state index contributed by atoms with van der Waals surface area (Å²) in [6, 6.07) is 22.5. The van der Waals surface area contributed by atoms with Crippen molar-refractivity contribution in [1.82, 2.24) is 0 Å². The summed E-state index contributed by atoms with van der Waals surface area (Å²) < 4.78 is 2.68. The molecule has 1 heteroatoms. The highest BCUT2D eigenvalue weighted by atomic mass is 32.1. The predicted octanol–water partition coefficient (Wildman–Crippen LogP) is 5.01. The van der Waals surface area contributed by atoms with Gasteiger partial charge < -0.3 is 0 Å². The molecule has 17 heavy (non-hydrogen) atoms. The summed E-state index contributed by atoms with van der Waals surface area (Å²) in [6.45, 7) is 0. The van der Waals surface area contributed by atoms with Crippen molar-refractivity contribution >= 4 is 42.3 Å². The maximum atomic E-state index is 3.15. The van der Waals surface area contributed by atoms with E-state index in [0.29, 0.717) is 0 Å². The second-order valence-corrected chi connectivity index (χ2v) is 5.30. The zero-order valence-corrected chi connectivity index (χ0v) is 9.92. The number of benzene rings is 3. The van der Waals surface area contributed by atoms with E-state index >= 15 is 0 Å². The number of thiophene rings is 1. The van der Waals surface area contributed by atoms with Crippen LogP contribution >= 0.6 is 11.3 Å². The van der Waals surface area contributed by atoms with Gasteiger partial charge in [-0.1, -0.05) is 36.4 Å². The lowest BCUT2D eigenvalue weighted by Gasteiger charge is -1.97. The van der Waals surface area contributed by atoms with Crippen LogP contribution in [-0.4, -0.2) is 0 Å². The standard InChI is InChI=1S/C16H9S/c1-2-6-12-10-16-14(9-11(12)5-1)13-7-3-4-8-15(13)17-16/h1-3,5-10H. The molecule has 0 spiro atoms. The van der Waals surface area contributed by atoms with Crippen LogP contribution in [0.1, 0.15) is 0 Å². The molecule has 0 atom stereocenters. The Kier molecular flexibility index (Phi) is 1.79. The number of fused-ring (bicyclic) bond motifs is 4. The van der Waals surface area contributed by atoms with Gasteiger partial charge in [0.25, 0.3) is 0 Å². The van der Waals surface area contributed by atoms with Gasteiger partial charge in [-0.2, -0.15) is 0 Å². The van der Waals surface area contributed by atoms with Gasteiger partial charge in [-0.15, -0.1) is 11.3 Å². The third-order valence-corrected chi connectivity index (χ3v) is 4.30. The van der Waals surface area contributed by atoms with E-state index in [0.717, 1.165) is 0 Å². The van der Waals surface area contributed by atoms with Gasteiger partial charge >= 0.3 is 0 Å². The highest BCUT2D eigenvalue weighted by Gasteiger charge is 2.05. The minimum absolute atomic E-state index is 1.31. The molecule has 0 bridgehead atoms. The zero-order valence-electron chi connectivity index (χ0n) is 9.10. The Hall–Kier alpha value is -1.86. The van der Waals surface area contributed by atoms with Gasteiger partial charge in [-0.3, -0.25) is 0 Å². The molecule has 0 aliphatic heterocycles. The molecule has 79 valence electrons. The van der Waals surface area contributed by atoms with E-state index in [9.17, 15) is 0 Å². The Morgan fingerprint density at radius 2 is 1.65 bits per heavy atom. The van der Waals surface area contributed by atoms with E-state index in [1.54, 1.807) is 0 Å². The summed E-state index contributed by atoms with van der Waals surface area (Å²) in [6.07, 6.45) is 0. The summed E-state index contributed by atoms with van der Waals surface area (Å²) in [5.74, 6) is 0. The van der Waals surface area contributed by atoms with Crippen molar-refractivity contribution in [2.45, 2.75) is 0 Å². The summed E-state index contributed by atoms with van der Waals surface area (Å²) in [7, 11) is 0. The summed E-state index contributed by atoms with van der Waals surface area (Å²) in [5.41, 5.74) is 0. The number of hydrogen-bond donors (Lipinski definition) is 0. The maximum absolute atomic E-state index is 3.15. The average Bonchev–Trinajstić information content (AvgIpc) is 2.73. The molecule has 4 rings (SSSR count). The van der Waals surface area contributed by atoms with Crippen LogP contribution in [0, 0.1) is 6.07 Å². The minimum Gasteiger partial charge on any atom is -0.135 e. The highest BCUT2D eigenvalue weighted by molar-refractivity contribution is 7.25. The van der Waals surface area contributed by atoms with Crippen molar-refractivity contribution in [3.63, 3.8) is 0 Å². The molecule has 0 aliphatic rings. The van der Waals surface area contributed by atoms with Crippen molar-refractivity contribution in [2.75, 3.05) is 0 Å². The van der Waals surface area contributed by atoms with Crippen molar-refractivity contribution < 1.29 is 0 Å². The Morgan fingerprint density at radius 3 is 2.53 bits per heavy atom. The van der Waals surface area contributed by atoms with E-state index in [4.69, 9.17) is 0 Å². The third-order valence-electron chi connectivity index (χ3n) is 3.18. The van der Waals surface area contributed by atoms with Crippen LogP contribution < -0.4 is 0 Å². The van der Waals surface area contributed by atoms with Crippen LogP contribution in [-0.2, 0) is 0 Å². The molecule has 0 saturated heterocycles. The lowest BCUT2D eigenvalue weighted by Crippen LogP contribution is -1.71. The van der Waals surface area contributed by atoms with Crippen molar-refractivity contribution in [3.05, 3.63) is 60.7 Å². The molecule has 0 saturated carbocycles. The summed E-state index contributed by atoms with van der Waals surface area (Å²) >= 11 is 1.85. The van der Waals surface area contributed by atoms with Gasteiger partial charge in [0.15, 0.2) is 0 Å². The van der Waals surface area contributed by atoms with Crippen LogP contribution in [0.2, 0.25) is 0 Å². The van der Waals surface area contributed by atoms with Gasteiger partial charge in [-0.05, 0) is 35.0 Å². The Morgan fingerprint density at radius 1 is 0.824 bits per heavy atom. The molecule has 0 N–H and O–H groups in total.